The van der Waals surface area contributed by atoms with Crippen LogP contribution in [0.3, 0.4) is 0 Å². The number of benzene rings is 2. The summed E-state index contributed by atoms with van der Waals surface area (Å²) in [5, 5.41) is 6.89. The Bertz CT molecular complexity index is 832. The molecule has 2 unspecified atom stereocenters. The minimum Gasteiger partial charge on any atom is -0.493 e. The Labute approximate surface area is 190 Å². The Morgan fingerprint density at radius 2 is 1.72 bits per heavy atom. The third kappa shape index (κ3) is 5.46. The number of aryl methyl sites for hydroxylation is 1. The fourth-order valence-corrected chi connectivity index (χ4v) is 3.49. The van der Waals surface area contributed by atoms with Gasteiger partial charge in [0.25, 0.3) is 0 Å². The zero-order chi connectivity index (χ0) is 20.1. The van der Waals surface area contributed by atoms with E-state index in [1.807, 2.05) is 12.1 Å². The van der Waals surface area contributed by atoms with Crippen molar-refractivity contribution >= 4 is 29.9 Å². The molecule has 1 fully saturated rings. The normalized spacial score (nSPS) is 17.8. The third-order valence-electron chi connectivity index (χ3n) is 5.11. The van der Waals surface area contributed by atoms with Crippen molar-refractivity contribution in [3.05, 3.63) is 53.1 Å². The highest BCUT2D eigenvalue weighted by Gasteiger charge is 2.39. The van der Waals surface area contributed by atoms with Gasteiger partial charge in [-0.1, -0.05) is 24.3 Å². The van der Waals surface area contributed by atoms with E-state index < -0.39 is 0 Å². The maximum Gasteiger partial charge on any atom is 0.203 e. The first-order chi connectivity index (χ1) is 13.6. The second-order valence-electron chi connectivity index (χ2n) is 6.91. The van der Waals surface area contributed by atoms with E-state index in [1.54, 1.807) is 28.4 Å². The molecular weight excluding hydrogens is 481 g/mol. The third-order valence-corrected chi connectivity index (χ3v) is 5.11. The lowest BCUT2D eigenvalue weighted by atomic mass is 10.0. The van der Waals surface area contributed by atoms with Crippen LogP contribution < -0.4 is 24.8 Å². The lowest BCUT2D eigenvalue weighted by Crippen LogP contribution is -2.38. The van der Waals surface area contributed by atoms with Gasteiger partial charge in [0.05, 0.1) is 21.3 Å². The van der Waals surface area contributed by atoms with Crippen LogP contribution in [0, 0.1) is 6.92 Å². The molecule has 0 bridgehead atoms. The predicted octanol–water partition coefficient (Wildman–Crippen LogP) is 3.86. The van der Waals surface area contributed by atoms with Gasteiger partial charge < -0.3 is 24.8 Å². The predicted molar refractivity (Wildman–Crippen MR) is 127 cm³/mol. The van der Waals surface area contributed by atoms with Crippen molar-refractivity contribution in [2.45, 2.75) is 31.8 Å². The standard InChI is InChI=1S/C22H29N3O3.HI/c1-14-8-6-7-9-16(14)17-12-18(17)25-22(23-2)24-13-15-10-19(26-3)21(28-5)20(11-15)27-4;/h6-11,17-18H,12-13H2,1-5H3,(H2,23,24,25);1H. The molecule has 2 N–H and O–H groups in total. The van der Waals surface area contributed by atoms with Crippen molar-refractivity contribution in [3.63, 3.8) is 0 Å². The number of nitrogens with one attached hydrogen (secondary N) is 2. The van der Waals surface area contributed by atoms with Crippen LogP contribution in [-0.2, 0) is 6.54 Å². The quantitative estimate of drug-likeness (QED) is 0.336. The van der Waals surface area contributed by atoms with E-state index in [9.17, 15) is 0 Å². The fourth-order valence-electron chi connectivity index (χ4n) is 3.49. The summed E-state index contributed by atoms with van der Waals surface area (Å²) in [6.45, 7) is 2.76. The van der Waals surface area contributed by atoms with E-state index in [4.69, 9.17) is 14.2 Å². The van der Waals surface area contributed by atoms with Crippen LogP contribution in [0.4, 0.5) is 0 Å². The number of hydrogen-bond acceptors (Lipinski definition) is 4. The van der Waals surface area contributed by atoms with Crippen LogP contribution in [0.2, 0.25) is 0 Å². The largest absolute Gasteiger partial charge is 0.493 e. The molecule has 7 heteroatoms. The average molecular weight is 511 g/mol. The molecule has 0 saturated heterocycles. The first kappa shape index (κ1) is 23.1. The van der Waals surface area contributed by atoms with Gasteiger partial charge in [0, 0.05) is 25.6 Å². The zero-order valence-electron chi connectivity index (χ0n) is 17.6. The Kier molecular flexibility index (Phi) is 8.43. The van der Waals surface area contributed by atoms with Crippen molar-refractivity contribution in [1.29, 1.82) is 0 Å². The van der Waals surface area contributed by atoms with Gasteiger partial charge in [-0.05, 0) is 42.2 Å². The second-order valence-corrected chi connectivity index (χ2v) is 6.91. The van der Waals surface area contributed by atoms with Crippen molar-refractivity contribution in [1.82, 2.24) is 10.6 Å². The molecule has 2 atom stereocenters. The van der Waals surface area contributed by atoms with Gasteiger partial charge in [0.15, 0.2) is 17.5 Å². The molecule has 1 aliphatic carbocycles. The first-order valence-corrected chi connectivity index (χ1v) is 9.42. The topological polar surface area (TPSA) is 64.1 Å². The molecule has 0 radical (unpaired) electrons. The Morgan fingerprint density at radius 1 is 1.07 bits per heavy atom. The molecule has 0 aliphatic heterocycles. The fraction of sp³-hybridized carbons (Fsp3) is 0.409. The number of hydrogen-bond donors (Lipinski definition) is 2. The molecule has 2 aromatic carbocycles. The summed E-state index contributed by atoms with van der Waals surface area (Å²) < 4.78 is 16.2. The van der Waals surface area contributed by atoms with Crippen LogP contribution in [0.15, 0.2) is 41.4 Å². The van der Waals surface area contributed by atoms with Gasteiger partial charge in [0.1, 0.15) is 0 Å². The summed E-state index contributed by atoms with van der Waals surface area (Å²) in [4.78, 5) is 4.36. The van der Waals surface area contributed by atoms with Gasteiger partial charge in [-0.2, -0.15) is 0 Å². The Morgan fingerprint density at radius 3 is 2.28 bits per heavy atom. The van der Waals surface area contributed by atoms with E-state index in [0.717, 1.165) is 17.9 Å². The van der Waals surface area contributed by atoms with Crippen LogP contribution in [-0.4, -0.2) is 40.4 Å². The minimum absolute atomic E-state index is 0. The van der Waals surface area contributed by atoms with E-state index in [0.29, 0.717) is 35.8 Å². The highest BCUT2D eigenvalue weighted by atomic mass is 127. The number of guanidine groups is 1. The Balaban J connectivity index is 0.00000300. The maximum absolute atomic E-state index is 5.42. The zero-order valence-corrected chi connectivity index (χ0v) is 19.9. The smallest absolute Gasteiger partial charge is 0.203 e. The Hall–Kier alpha value is -2.16. The van der Waals surface area contributed by atoms with Gasteiger partial charge in [-0.25, -0.2) is 0 Å². The van der Waals surface area contributed by atoms with E-state index in [-0.39, 0.29) is 24.0 Å². The summed E-state index contributed by atoms with van der Waals surface area (Å²) in [5.41, 5.74) is 3.78. The number of aliphatic imine (C=N–C) groups is 1. The summed E-state index contributed by atoms with van der Waals surface area (Å²) in [6.07, 6.45) is 1.12. The van der Waals surface area contributed by atoms with Crippen molar-refractivity contribution in [3.8, 4) is 17.2 Å². The molecule has 29 heavy (non-hydrogen) atoms. The SMILES string of the molecule is CN=C(NCc1cc(OC)c(OC)c(OC)c1)NC1CC1c1ccccc1C.I. The van der Waals surface area contributed by atoms with E-state index >= 15 is 0 Å². The van der Waals surface area contributed by atoms with Crippen molar-refractivity contribution in [2.24, 2.45) is 4.99 Å². The van der Waals surface area contributed by atoms with E-state index in [1.165, 1.54) is 11.1 Å². The molecule has 3 rings (SSSR count). The van der Waals surface area contributed by atoms with Gasteiger partial charge in [-0.15, -0.1) is 24.0 Å². The van der Waals surface area contributed by atoms with Crippen LogP contribution in [0.5, 0.6) is 17.2 Å². The lowest BCUT2D eigenvalue weighted by Gasteiger charge is -2.16. The molecule has 2 aromatic rings. The highest BCUT2D eigenvalue weighted by Crippen LogP contribution is 2.42. The number of ether oxygens (including phenoxy) is 3. The number of rotatable bonds is 7. The molecule has 0 aromatic heterocycles. The minimum atomic E-state index is 0. The average Bonchev–Trinajstić information content (AvgIpc) is 3.49. The van der Waals surface area contributed by atoms with Crippen LogP contribution >= 0.6 is 24.0 Å². The van der Waals surface area contributed by atoms with E-state index in [2.05, 4.69) is 46.8 Å². The lowest BCUT2D eigenvalue weighted by molar-refractivity contribution is 0.323. The molecule has 0 heterocycles. The van der Waals surface area contributed by atoms with Crippen molar-refractivity contribution in [2.75, 3.05) is 28.4 Å². The summed E-state index contributed by atoms with van der Waals surface area (Å²) in [5.74, 6) is 3.21. The summed E-state index contributed by atoms with van der Waals surface area (Å²) >= 11 is 0. The van der Waals surface area contributed by atoms with Crippen LogP contribution in [0.1, 0.15) is 29.0 Å². The molecule has 0 amide bonds. The highest BCUT2D eigenvalue weighted by molar-refractivity contribution is 14.0. The molecule has 1 aliphatic rings. The summed E-state index contributed by atoms with van der Waals surface area (Å²) in [7, 11) is 6.63. The molecular formula is C22H30IN3O3. The van der Waals surface area contributed by atoms with Gasteiger partial charge in [-0.3, -0.25) is 4.99 Å². The number of nitrogens with zero attached hydrogens (tertiary/aromatic N) is 1. The van der Waals surface area contributed by atoms with Crippen LogP contribution in [0.25, 0.3) is 0 Å². The monoisotopic (exact) mass is 511 g/mol. The number of methoxy groups -OCH3 is 3. The van der Waals surface area contributed by atoms with Gasteiger partial charge >= 0.3 is 0 Å². The first-order valence-electron chi connectivity index (χ1n) is 9.42. The number of halogens is 1. The second kappa shape index (κ2) is 10.6. The molecule has 1 saturated carbocycles. The molecule has 158 valence electrons. The molecule has 6 nitrogen and oxygen atoms in total. The van der Waals surface area contributed by atoms with Gasteiger partial charge in [0.2, 0.25) is 5.75 Å². The molecule has 0 spiro atoms. The van der Waals surface area contributed by atoms with Crippen molar-refractivity contribution < 1.29 is 14.2 Å². The maximum atomic E-state index is 5.42. The summed E-state index contributed by atoms with van der Waals surface area (Å²) in [6, 6.07) is 12.9.